The summed E-state index contributed by atoms with van der Waals surface area (Å²) in [6, 6.07) is 4.32. The highest BCUT2D eigenvalue weighted by atomic mass is 16.5. The Balaban J connectivity index is 2.82. The summed E-state index contributed by atoms with van der Waals surface area (Å²) in [4.78, 5) is 22.2. The van der Waals surface area contributed by atoms with Crippen molar-refractivity contribution < 1.29 is 24.5 Å². The van der Waals surface area contributed by atoms with Crippen LogP contribution in [-0.2, 0) is 9.53 Å². The third kappa shape index (κ3) is 4.73. The monoisotopic (exact) mass is 296 g/mol. The number of hydrogen-bond acceptors (Lipinski definition) is 6. The van der Waals surface area contributed by atoms with Gasteiger partial charge in [-0.1, -0.05) is 0 Å². The first-order valence-electron chi connectivity index (χ1n) is 6.45. The summed E-state index contributed by atoms with van der Waals surface area (Å²) in [6.45, 7) is 1.59. The smallest absolute Gasteiger partial charge is 0.337 e. The van der Waals surface area contributed by atoms with Crippen LogP contribution in [0.5, 0.6) is 0 Å². The van der Waals surface area contributed by atoms with Crippen LogP contribution in [0, 0.1) is 0 Å². The summed E-state index contributed by atoms with van der Waals surface area (Å²) >= 11 is 0. The molecule has 1 rings (SSSR count). The van der Waals surface area contributed by atoms with Gasteiger partial charge < -0.3 is 26.0 Å². The average molecular weight is 296 g/mol. The molecule has 0 aliphatic rings. The largest absolute Gasteiger partial charge is 0.465 e. The van der Waals surface area contributed by atoms with Crippen molar-refractivity contribution in [2.24, 2.45) is 0 Å². The Labute approximate surface area is 122 Å². The van der Waals surface area contributed by atoms with Gasteiger partial charge >= 0.3 is 5.97 Å². The van der Waals surface area contributed by atoms with Crippen molar-refractivity contribution in [2.45, 2.75) is 25.6 Å². The quantitative estimate of drug-likeness (QED) is 0.432. The van der Waals surface area contributed by atoms with Crippen LogP contribution in [0.4, 0.5) is 5.69 Å². The molecule has 1 amide bonds. The molecular weight excluding hydrogens is 276 g/mol. The van der Waals surface area contributed by atoms with E-state index in [2.05, 4.69) is 10.1 Å². The second-order valence-electron chi connectivity index (χ2n) is 4.62. The van der Waals surface area contributed by atoms with Crippen molar-refractivity contribution in [1.29, 1.82) is 0 Å². The summed E-state index contributed by atoms with van der Waals surface area (Å²) in [5.74, 6) is -0.778. The van der Waals surface area contributed by atoms with Crippen molar-refractivity contribution in [3.05, 3.63) is 29.3 Å². The van der Waals surface area contributed by atoms with Gasteiger partial charge in [-0.25, -0.2) is 4.79 Å². The molecule has 0 fully saturated rings. The summed E-state index contributed by atoms with van der Waals surface area (Å²) in [5.41, 5.74) is 6.49. The normalized spacial score (nSPS) is 13.3. The molecule has 2 unspecified atom stereocenters. The number of aliphatic hydroxyl groups excluding tert-OH is 2. The van der Waals surface area contributed by atoms with Gasteiger partial charge in [0.15, 0.2) is 0 Å². The third-order valence-corrected chi connectivity index (χ3v) is 3.01. The topological polar surface area (TPSA) is 122 Å². The van der Waals surface area contributed by atoms with Gasteiger partial charge in [0.05, 0.1) is 18.8 Å². The van der Waals surface area contributed by atoms with Crippen LogP contribution in [0.2, 0.25) is 0 Å². The third-order valence-electron chi connectivity index (χ3n) is 3.01. The van der Waals surface area contributed by atoms with E-state index in [0.29, 0.717) is 0 Å². The molecule has 0 saturated heterocycles. The van der Waals surface area contributed by atoms with Gasteiger partial charge in [0.1, 0.15) is 6.10 Å². The lowest BCUT2D eigenvalue weighted by atomic mass is 9.98. The summed E-state index contributed by atoms with van der Waals surface area (Å²) in [5, 5.41) is 22.6. The Morgan fingerprint density at radius 1 is 1.38 bits per heavy atom. The molecule has 5 N–H and O–H groups in total. The second kappa shape index (κ2) is 7.61. The van der Waals surface area contributed by atoms with E-state index in [-0.39, 0.29) is 35.7 Å². The van der Waals surface area contributed by atoms with Crippen LogP contribution in [0.1, 0.15) is 35.4 Å². The maximum Gasteiger partial charge on any atom is 0.337 e. The minimum Gasteiger partial charge on any atom is -0.465 e. The molecule has 21 heavy (non-hydrogen) atoms. The van der Waals surface area contributed by atoms with Crippen molar-refractivity contribution >= 4 is 17.6 Å². The van der Waals surface area contributed by atoms with Gasteiger partial charge in [0.25, 0.3) is 0 Å². The maximum absolute atomic E-state index is 11.5. The molecule has 0 saturated carbocycles. The standard InChI is InChI=1S/C14H20N2O5/c1-8(17)16-6-5-12(18)13(19)10-7-9(14(20)21-2)3-4-11(10)15/h3-4,7,12-13,18-19H,5-6,15H2,1-2H3,(H,16,17). The first kappa shape index (κ1) is 16.9. The Bertz CT molecular complexity index is 518. The lowest BCUT2D eigenvalue weighted by Gasteiger charge is -2.20. The molecule has 0 aromatic heterocycles. The lowest BCUT2D eigenvalue weighted by Crippen LogP contribution is -2.28. The van der Waals surface area contributed by atoms with Gasteiger partial charge in [-0.3, -0.25) is 4.79 Å². The number of anilines is 1. The van der Waals surface area contributed by atoms with E-state index < -0.39 is 18.2 Å². The number of carbonyl (C=O) groups excluding carboxylic acids is 2. The number of nitrogen functional groups attached to an aromatic ring is 1. The zero-order valence-corrected chi connectivity index (χ0v) is 12.0. The maximum atomic E-state index is 11.5. The number of rotatable bonds is 6. The number of carbonyl (C=O) groups is 2. The number of benzene rings is 1. The van der Waals surface area contributed by atoms with Crippen molar-refractivity contribution in [1.82, 2.24) is 5.32 Å². The van der Waals surface area contributed by atoms with E-state index >= 15 is 0 Å². The van der Waals surface area contributed by atoms with E-state index in [1.807, 2.05) is 0 Å². The zero-order chi connectivity index (χ0) is 16.0. The predicted octanol–water partition coefficient (Wildman–Crippen LogP) is -0.0241. The summed E-state index contributed by atoms with van der Waals surface area (Å²) in [7, 11) is 1.25. The number of methoxy groups -OCH3 is 1. The van der Waals surface area contributed by atoms with Gasteiger partial charge in [0, 0.05) is 24.7 Å². The van der Waals surface area contributed by atoms with Crippen molar-refractivity contribution in [3.63, 3.8) is 0 Å². The number of esters is 1. The number of ether oxygens (including phenoxy) is 1. The summed E-state index contributed by atoms with van der Waals surface area (Å²) < 4.78 is 4.59. The Morgan fingerprint density at radius 3 is 2.62 bits per heavy atom. The summed E-state index contributed by atoms with van der Waals surface area (Å²) in [6.07, 6.45) is -2.22. The molecule has 1 aromatic rings. The van der Waals surface area contributed by atoms with E-state index in [1.54, 1.807) is 0 Å². The van der Waals surface area contributed by atoms with Crippen LogP contribution >= 0.6 is 0 Å². The zero-order valence-electron chi connectivity index (χ0n) is 12.0. The molecule has 7 heteroatoms. The lowest BCUT2D eigenvalue weighted by molar-refractivity contribution is -0.119. The number of nitrogens with one attached hydrogen (secondary N) is 1. The van der Waals surface area contributed by atoms with Gasteiger partial charge in [-0.05, 0) is 24.6 Å². The van der Waals surface area contributed by atoms with Crippen LogP contribution in [0.25, 0.3) is 0 Å². The highest BCUT2D eigenvalue weighted by Gasteiger charge is 2.22. The SMILES string of the molecule is COC(=O)c1ccc(N)c(C(O)C(O)CCNC(C)=O)c1. The molecule has 7 nitrogen and oxygen atoms in total. The fraction of sp³-hybridized carbons (Fsp3) is 0.429. The second-order valence-corrected chi connectivity index (χ2v) is 4.62. The molecule has 0 aliphatic carbocycles. The number of hydrogen-bond donors (Lipinski definition) is 4. The van der Waals surface area contributed by atoms with Crippen LogP contribution < -0.4 is 11.1 Å². The minimum absolute atomic E-state index is 0.155. The first-order chi connectivity index (χ1) is 9.86. The van der Waals surface area contributed by atoms with Crippen molar-refractivity contribution in [2.75, 3.05) is 19.4 Å². The van der Waals surface area contributed by atoms with E-state index in [4.69, 9.17) is 5.73 Å². The van der Waals surface area contributed by atoms with Gasteiger partial charge in [-0.15, -0.1) is 0 Å². The number of aliphatic hydroxyl groups is 2. The molecule has 0 aliphatic heterocycles. The number of amides is 1. The first-order valence-corrected chi connectivity index (χ1v) is 6.45. The minimum atomic E-state index is -1.26. The molecule has 116 valence electrons. The highest BCUT2D eigenvalue weighted by molar-refractivity contribution is 5.90. The molecule has 0 spiro atoms. The van der Waals surface area contributed by atoms with Crippen LogP contribution in [-0.4, -0.2) is 41.8 Å². The van der Waals surface area contributed by atoms with Gasteiger partial charge in [-0.2, -0.15) is 0 Å². The van der Waals surface area contributed by atoms with Crippen molar-refractivity contribution in [3.8, 4) is 0 Å². The fourth-order valence-electron chi connectivity index (χ4n) is 1.84. The predicted molar refractivity (Wildman–Crippen MR) is 76.5 cm³/mol. The Hall–Kier alpha value is -2.12. The fourth-order valence-corrected chi connectivity index (χ4v) is 1.84. The number of nitrogens with two attached hydrogens (primary N) is 1. The molecule has 0 radical (unpaired) electrons. The molecule has 2 atom stereocenters. The van der Waals surface area contributed by atoms with E-state index in [0.717, 1.165) is 0 Å². The van der Waals surface area contributed by atoms with Crippen LogP contribution in [0.3, 0.4) is 0 Å². The van der Waals surface area contributed by atoms with Crippen LogP contribution in [0.15, 0.2) is 18.2 Å². The Morgan fingerprint density at radius 2 is 2.05 bits per heavy atom. The Kier molecular flexibility index (Phi) is 6.13. The van der Waals surface area contributed by atoms with E-state index in [1.165, 1.54) is 32.2 Å². The molecule has 0 heterocycles. The molecule has 0 bridgehead atoms. The molecular formula is C14H20N2O5. The highest BCUT2D eigenvalue weighted by Crippen LogP contribution is 2.26. The van der Waals surface area contributed by atoms with E-state index in [9.17, 15) is 19.8 Å². The molecule has 1 aromatic carbocycles. The van der Waals surface area contributed by atoms with Gasteiger partial charge in [0.2, 0.25) is 5.91 Å². The average Bonchev–Trinajstić information content (AvgIpc) is 2.45.